The Labute approximate surface area is 213 Å². The van der Waals surface area contributed by atoms with Gasteiger partial charge in [0.15, 0.2) is 0 Å². The first-order chi connectivity index (χ1) is 17.5. The van der Waals surface area contributed by atoms with Crippen molar-refractivity contribution in [2.75, 3.05) is 31.6 Å². The van der Waals surface area contributed by atoms with E-state index in [-0.39, 0.29) is 17.4 Å². The predicted molar refractivity (Wildman–Crippen MR) is 140 cm³/mol. The average molecular weight is 504 g/mol. The lowest BCUT2D eigenvalue weighted by molar-refractivity contribution is -0.197. The number of aromatic nitrogens is 2. The molecule has 1 amide bonds. The minimum absolute atomic E-state index is 0.0512. The van der Waals surface area contributed by atoms with Crippen molar-refractivity contribution in [1.29, 1.82) is 0 Å². The highest BCUT2D eigenvalue weighted by atomic mass is 32.1. The molecule has 0 radical (unpaired) electrons. The number of likely N-dealkylation sites (tertiary alicyclic amines) is 1. The molecule has 2 aromatic heterocycles. The molecular weight excluding hydrogens is 474 g/mol. The number of hydrogen-bond donors (Lipinski definition) is 1. The molecule has 1 N–H and O–H groups in total. The fourth-order valence-electron chi connectivity index (χ4n) is 5.88. The Morgan fingerprint density at radius 1 is 1.28 bits per heavy atom. The normalized spacial score (nSPS) is 21.3. The van der Waals surface area contributed by atoms with E-state index in [9.17, 15) is 4.79 Å². The number of nitrogens with zero attached hydrogens (tertiary/aromatic N) is 4. The number of nitrogens with one attached hydrogen (secondary N) is 1. The van der Waals surface area contributed by atoms with E-state index in [4.69, 9.17) is 9.47 Å². The fraction of sp³-hybridized carbons (Fsp3) is 0.481. The lowest BCUT2D eigenvalue weighted by Crippen LogP contribution is -2.68. The molecule has 0 saturated carbocycles. The van der Waals surface area contributed by atoms with Crippen LogP contribution in [-0.2, 0) is 28.9 Å². The highest BCUT2D eigenvalue weighted by molar-refractivity contribution is 7.19. The number of hydrogen-bond acceptors (Lipinski definition) is 8. The van der Waals surface area contributed by atoms with E-state index < -0.39 is 0 Å². The molecule has 1 aliphatic carbocycles. The molecule has 1 aromatic carbocycles. The van der Waals surface area contributed by atoms with Crippen LogP contribution in [0.15, 0.2) is 23.5 Å². The fourth-order valence-corrected chi connectivity index (χ4v) is 7.15. The Morgan fingerprint density at radius 3 is 2.92 bits per heavy atom. The van der Waals surface area contributed by atoms with Crippen LogP contribution in [0.5, 0.6) is 5.75 Å². The van der Waals surface area contributed by atoms with E-state index in [2.05, 4.69) is 32.4 Å². The van der Waals surface area contributed by atoms with E-state index in [1.54, 1.807) is 17.7 Å². The molecule has 9 heteroatoms. The number of benzene rings is 1. The van der Waals surface area contributed by atoms with E-state index in [0.29, 0.717) is 12.5 Å². The van der Waals surface area contributed by atoms with Crippen molar-refractivity contribution in [3.05, 3.63) is 40.0 Å². The van der Waals surface area contributed by atoms with Crippen LogP contribution in [0, 0.1) is 11.3 Å². The van der Waals surface area contributed by atoms with Gasteiger partial charge in [0.05, 0.1) is 42.4 Å². The van der Waals surface area contributed by atoms with Gasteiger partial charge in [0.1, 0.15) is 22.7 Å². The molecule has 1 atom stereocenters. The summed E-state index contributed by atoms with van der Waals surface area (Å²) >= 11 is 1.70. The third-order valence-corrected chi connectivity index (χ3v) is 8.89. The number of amides is 1. The molecule has 0 unspecified atom stereocenters. The van der Waals surface area contributed by atoms with Crippen molar-refractivity contribution < 1.29 is 14.3 Å². The van der Waals surface area contributed by atoms with Gasteiger partial charge in [-0.3, -0.25) is 9.79 Å². The van der Waals surface area contributed by atoms with Crippen molar-refractivity contribution in [2.45, 2.75) is 45.8 Å². The average Bonchev–Trinajstić information content (AvgIpc) is 3.40. The lowest BCUT2D eigenvalue weighted by atomic mass is 9.76. The number of carbonyl (C=O) groups is 1. The molecule has 7 rings (SSSR count). The van der Waals surface area contributed by atoms with Crippen molar-refractivity contribution >= 4 is 45.2 Å². The molecule has 4 aliphatic rings. The molecule has 2 fully saturated rings. The maximum Gasteiger partial charge on any atom is 0.226 e. The molecular formula is C27H29N5O3S. The first-order valence-electron chi connectivity index (χ1n) is 12.7. The molecule has 0 bridgehead atoms. The number of aryl methyl sites for hydroxylation is 1. The number of ether oxygens (including phenoxy) is 2. The number of thiophene rings is 1. The van der Waals surface area contributed by atoms with E-state index in [1.807, 2.05) is 25.0 Å². The predicted octanol–water partition coefficient (Wildman–Crippen LogP) is 4.12. The zero-order valence-electron chi connectivity index (χ0n) is 20.5. The molecule has 8 nitrogen and oxygen atoms in total. The molecule has 3 aliphatic heterocycles. The summed E-state index contributed by atoms with van der Waals surface area (Å²) in [6, 6.07) is 4.18. The zero-order chi connectivity index (χ0) is 24.4. The largest absolute Gasteiger partial charge is 0.489 e. The summed E-state index contributed by atoms with van der Waals surface area (Å²) in [5.74, 6) is 1.95. The van der Waals surface area contributed by atoms with Crippen molar-refractivity contribution in [2.24, 2.45) is 16.3 Å². The maximum atomic E-state index is 13.2. The molecule has 5 heterocycles. The summed E-state index contributed by atoms with van der Waals surface area (Å²) in [5.41, 5.74) is 4.69. The number of anilines is 2. The van der Waals surface area contributed by atoms with Crippen LogP contribution in [0.1, 0.15) is 41.8 Å². The Bertz CT molecular complexity index is 1400. The summed E-state index contributed by atoms with van der Waals surface area (Å²) in [6.07, 6.45) is 6.10. The van der Waals surface area contributed by atoms with Crippen LogP contribution in [0.25, 0.3) is 10.2 Å². The van der Waals surface area contributed by atoms with Gasteiger partial charge >= 0.3 is 0 Å². The Morgan fingerprint density at radius 2 is 2.14 bits per heavy atom. The van der Waals surface area contributed by atoms with Crippen LogP contribution in [0.2, 0.25) is 0 Å². The van der Waals surface area contributed by atoms with Gasteiger partial charge < -0.3 is 19.7 Å². The van der Waals surface area contributed by atoms with Crippen LogP contribution >= 0.6 is 11.3 Å². The van der Waals surface area contributed by atoms with Gasteiger partial charge in [0.2, 0.25) is 5.91 Å². The number of aliphatic imine (C=N–C) groups is 1. The summed E-state index contributed by atoms with van der Waals surface area (Å²) in [7, 11) is 0. The minimum atomic E-state index is 0.0512. The molecule has 36 heavy (non-hydrogen) atoms. The van der Waals surface area contributed by atoms with E-state index in [0.717, 1.165) is 78.6 Å². The van der Waals surface area contributed by atoms with Gasteiger partial charge in [-0.1, -0.05) is 0 Å². The highest BCUT2D eigenvalue weighted by Gasteiger charge is 2.51. The topological polar surface area (TPSA) is 88.9 Å². The SMILES string of the molecule is CC(C)Oc1cc2c(cc1Nc1ncnc3sc4c(c13)CC[C@@H](C(=O)N1CC3(COC3)C1)C4)C=NC2. The van der Waals surface area contributed by atoms with E-state index >= 15 is 0 Å². The summed E-state index contributed by atoms with van der Waals surface area (Å²) < 4.78 is 11.5. The standard InChI is InChI=1S/C27H29N5O3S/c1-15(2)35-21-6-18-9-28-8-17(18)5-20(21)31-24-23-19-4-3-16(7-22(19)36-25(23)30-14-29-24)26(33)32-10-27(11-32)12-34-13-27/h5-6,8,14-16H,3-4,7,9-13H2,1-2H3,(H,29,30,31)/t16-/m1/s1. The van der Waals surface area contributed by atoms with Gasteiger partial charge in [-0.15, -0.1) is 11.3 Å². The lowest BCUT2D eigenvalue weighted by Gasteiger charge is -2.55. The van der Waals surface area contributed by atoms with Crippen LogP contribution in [-0.4, -0.2) is 59.4 Å². The third kappa shape index (κ3) is 3.59. The van der Waals surface area contributed by atoms with Gasteiger partial charge in [-0.25, -0.2) is 9.97 Å². The second kappa shape index (κ2) is 8.24. The minimum Gasteiger partial charge on any atom is -0.489 e. The Kier molecular flexibility index (Phi) is 5.08. The van der Waals surface area contributed by atoms with Crippen molar-refractivity contribution in [1.82, 2.24) is 14.9 Å². The van der Waals surface area contributed by atoms with Gasteiger partial charge in [0, 0.05) is 30.1 Å². The smallest absolute Gasteiger partial charge is 0.226 e. The van der Waals surface area contributed by atoms with Gasteiger partial charge in [0.25, 0.3) is 0 Å². The molecule has 2 saturated heterocycles. The van der Waals surface area contributed by atoms with E-state index in [1.165, 1.54) is 16.0 Å². The van der Waals surface area contributed by atoms with Crippen LogP contribution < -0.4 is 10.1 Å². The third-order valence-electron chi connectivity index (χ3n) is 7.72. The Balaban J connectivity index is 1.17. The van der Waals surface area contributed by atoms with Crippen molar-refractivity contribution in [3.8, 4) is 5.75 Å². The number of fused-ring (bicyclic) bond motifs is 4. The first kappa shape index (κ1) is 22.2. The van der Waals surface area contributed by atoms with Crippen molar-refractivity contribution in [3.63, 3.8) is 0 Å². The Hall–Kier alpha value is -3.04. The summed E-state index contributed by atoms with van der Waals surface area (Å²) in [4.78, 5) is 31.1. The zero-order valence-corrected chi connectivity index (χ0v) is 21.4. The highest BCUT2D eigenvalue weighted by Crippen LogP contribution is 2.44. The molecule has 1 spiro atoms. The summed E-state index contributed by atoms with van der Waals surface area (Å²) in [5, 5.41) is 4.63. The quantitative estimate of drug-likeness (QED) is 0.564. The first-order valence-corrected chi connectivity index (χ1v) is 13.5. The second-order valence-electron chi connectivity index (χ2n) is 10.8. The van der Waals surface area contributed by atoms with Gasteiger partial charge in [-0.2, -0.15) is 0 Å². The molecule has 186 valence electrons. The maximum absolute atomic E-state index is 13.2. The number of carbonyl (C=O) groups excluding carboxylic acids is 1. The van der Waals surface area contributed by atoms with Gasteiger partial charge in [-0.05, 0) is 61.9 Å². The number of rotatable bonds is 5. The van der Waals surface area contributed by atoms with Crippen LogP contribution in [0.4, 0.5) is 11.5 Å². The van der Waals surface area contributed by atoms with Crippen LogP contribution in [0.3, 0.4) is 0 Å². The second-order valence-corrected chi connectivity index (χ2v) is 11.9. The molecule has 3 aromatic rings. The monoisotopic (exact) mass is 503 g/mol. The summed E-state index contributed by atoms with van der Waals surface area (Å²) in [6.45, 7) is 8.06.